The lowest BCUT2D eigenvalue weighted by atomic mass is 10.0. The van der Waals surface area contributed by atoms with Crippen molar-refractivity contribution in [3.8, 4) is 0 Å². The number of aliphatic carboxylic acids is 1. The van der Waals surface area contributed by atoms with Gasteiger partial charge in [0.05, 0.1) is 5.92 Å². The van der Waals surface area contributed by atoms with Crippen LogP contribution in [0.15, 0.2) is 30.3 Å². The Hall–Kier alpha value is -1.22. The minimum atomic E-state index is -0.680. The summed E-state index contributed by atoms with van der Waals surface area (Å²) in [6.45, 7) is 2.82. The first-order chi connectivity index (χ1) is 7.20. The molecule has 1 saturated heterocycles. The van der Waals surface area contributed by atoms with Gasteiger partial charge in [-0.3, -0.25) is 4.79 Å². The van der Waals surface area contributed by atoms with Gasteiger partial charge in [0.1, 0.15) is 0 Å². The van der Waals surface area contributed by atoms with Gasteiger partial charge in [-0.25, -0.2) is 0 Å². The smallest absolute Gasteiger partial charge is 0.308 e. The molecule has 2 unspecified atom stereocenters. The molecule has 1 aliphatic heterocycles. The lowest BCUT2D eigenvalue weighted by molar-refractivity contribution is -0.141. The van der Waals surface area contributed by atoms with Crippen LogP contribution in [0.1, 0.15) is 13.3 Å². The minimum Gasteiger partial charge on any atom is -0.481 e. The average Bonchev–Trinajstić information content (AvgIpc) is 2.61. The molecule has 2 rings (SSSR count). The number of carbonyl (C=O) groups is 1. The van der Waals surface area contributed by atoms with Crippen LogP contribution < -0.4 is 4.90 Å². The van der Waals surface area contributed by atoms with E-state index in [0.29, 0.717) is 0 Å². The molecule has 0 amide bonds. The van der Waals surface area contributed by atoms with Gasteiger partial charge >= 0.3 is 5.97 Å². The van der Waals surface area contributed by atoms with Crippen LogP contribution in [0.3, 0.4) is 0 Å². The molecule has 1 heterocycles. The first-order valence-electron chi connectivity index (χ1n) is 5.24. The molecule has 1 N–H and O–H groups in total. The molecule has 0 spiro atoms. The summed E-state index contributed by atoms with van der Waals surface area (Å²) in [4.78, 5) is 13.1. The zero-order valence-electron chi connectivity index (χ0n) is 9.17. The lowest BCUT2D eigenvalue weighted by Crippen LogP contribution is -2.32. The normalized spacial score (nSPS) is 23.9. The minimum absolute atomic E-state index is 0. The molecule has 0 bridgehead atoms. The molecular formula is C12H16ClNO2. The molecule has 0 radical (unpaired) electrons. The van der Waals surface area contributed by atoms with E-state index in [2.05, 4.69) is 4.90 Å². The van der Waals surface area contributed by atoms with Gasteiger partial charge in [0.2, 0.25) is 0 Å². The Morgan fingerprint density at radius 3 is 2.50 bits per heavy atom. The molecule has 0 aromatic heterocycles. The van der Waals surface area contributed by atoms with Crippen molar-refractivity contribution in [2.24, 2.45) is 5.92 Å². The van der Waals surface area contributed by atoms with Gasteiger partial charge in [0.15, 0.2) is 0 Å². The number of benzene rings is 1. The monoisotopic (exact) mass is 241 g/mol. The molecule has 1 aromatic rings. The Labute approximate surface area is 101 Å². The molecule has 88 valence electrons. The van der Waals surface area contributed by atoms with Crippen LogP contribution in [-0.2, 0) is 4.79 Å². The second kappa shape index (κ2) is 5.21. The highest BCUT2D eigenvalue weighted by atomic mass is 35.5. The molecule has 16 heavy (non-hydrogen) atoms. The average molecular weight is 242 g/mol. The second-order valence-corrected chi connectivity index (χ2v) is 4.00. The Morgan fingerprint density at radius 2 is 2.00 bits per heavy atom. The van der Waals surface area contributed by atoms with Crippen LogP contribution in [0.5, 0.6) is 0 Å². The largest absolute Gasteiger partial charge is 0.481 e. The molecule has 0 aliphatic carbocycles. The Morgan fingerprint density at radius 1 is 1.38 bits per heavy atom. The number of hydrogen-bond acceptors (Lipinski definition) is 2. The van der Waals surface area contributed by atoms with E-state index in [1.807, 2.05) is 37.3 Å². The van der Waals surface area contributed by atoms with Crippen LogP contribution in [-0.4, -0.2) is 23.7 Å². The summed E-state index contributed by atoms with van der Waals surface area (Å²) in [5, 5.41) is 9.02. The predicted molar refractivity (Wildman–Crippen MR) is 66.2 cm³/mol. The van der Waals surface area contributed by atoms with E-state index in [1.165, 1.54) is 0 Å². The van der Waals surface area contributed by atoms with Crippen molar-refractivity contribution in [3.63, 3.8) is 0 Å². The van der Waals surface area contributed by atoms with E-state index in [-0.39, 0.29) is 24.4 Å². The van der Waals surface area contributed by atoms with E-state index >= 15 is 0 Å². The van der Waals surface area contributed by atoms with E-state index in [1.54, 1.807) is 0 Å². The fourth-order valence-electron chi connectivity index (χ4n) is 2.25. The molecule has 1 aliphatic rings. The van der Waals surface area contributed by atoms with Crippen molar-refractivity contribution in [2.75, 3.05) is 11.4 Å². The summed E-state index contributed by atoms with van der Waals surface area (Å²) < 4.78 is 0. The van der Waals surface area contributed by atoms with Crippen molar-refractivity contribution < 1.29 is 9.90 Å². The Balaban J connectivity index is 0.00000128. The van der Waals surface area contributed by atoms with Crippen molar-refractivity contribution in [3.05, 3.63) is 30.3 Å². The highest BCUT2D eigenvalue weighted by Gasteiger charge is 2.35. The van der Waals surface area contributed by atoms with Gasteiger partial charge in [-0.1, -0.05) is 18.2 Å². The van der Waals surface area contributed by atoms with Crippen LogP contribution in [0.4, 0.5) is 5.69 Å². The third kappa shape index (κ3) is 2.30. The number of anilines is 1. The highest BCUT2D eigenvalue weighted by Crippen LogP contribution is 2.29. The second-order valence-electron chi connectivity index (χ2n) is 4.00. The molecule has 1 aromatic carbocycles. The topological polar surface area (TPSA) is 40.5 Å². The summed E-state index contributed by atoms with van der Waals surface area (Å²) in [5.41, 5.74) is 1.12. The molecule has 4 heteroatoms. The number of nitrogens with zero attached hydrogens (tertiary/aromatic N) is 1. The number of carboxylic acid groups (broad SMARTS) is 1. The van der Waals surface area contributed by atoms with Crippen LogP contribution in [0, 0.1) is 5.92 Å². The van der Waals surface area contributed by atoms with E-state index in [0.717, 1.165) is 18.7 Å². The molecule has 1 fully saturated rings. The van der Waals surface area contributed by atoms with E-state index in [9.17, 15) is 4.79 Å². The number of hydrogen-bond donors (Lipinski definition) is 1. The maximum atomic E-state index is 11.0. The fourth-order valence-corrected chi connectivity index (χ4v) is 2.25. The SMILES string of the molecule is CC1C(C(=O)O)CCN1c1ccccc1.Cl. The molecular weight excluding hydrogens is 226 g/mol. The number of halogens is 1. The highest BCUT2D eigenvalue weighted by molar-refractivity contribution is 5.85. The number of rotatable bonds is 2. The van der Waals surface area contributed by atoms with Gasteiger partial charge in [0, 0.05) is 18.3 Å². The van der Waals surface area contributed by atoms with Gasteiger partial charge in [-0.2, -0.15) is 0 Å². The molecule has 2 atom stereocenters. The van der Waals surface area contributed by atoms with Gasteiger partial charge < -0.3 is 10.0 Å². The van der Waals surface area contributed by atoms with Crippen LogP contribution in [0.25, 0.3) is 0 Å². The molecule has 3 nitrogen and oxygen atoms in total. The summed E-state index contributed by atoms with van der Waals surface area (Å²) in [5.74, 6) is -0.911. The Bertz CT molecular complexity index is 355. The van der Waals surface area contributed by atoms with Gasteiger partial charge in [-0.05, 0) is 25.5 Å². The third-order valence-electron chi connectivity index (χ3n) is 3.16. The van der Waals surface area contributed by atoms with Gasteiger partial charge in [0.25, 0.3) is 0 Å². The molecule has 0 saturated carbocycles. The predicted octanol–water partition coefficient (Wildman–Crippen LogP) is 2.41. The van der Waals surface area contributed by atoms with Crippen LogP contribution in [0.2, 0.25) is 0 Å². The maximum absolute atomic E-state index is 11.0. The summed E-state index contributed by atoms with van der Waals surface area (Å²) in [7, 11) is 0. The maximum Gasteiger partial charge on any atom is 0.308 e. The quantitative estimate of drug-likeness (QED) is 0.865. The first kappa shape index (κ1) is 12.8. The zero-order valence-corrected chi connectivity index (χ0v) is 9.98. The van der Waals surface area contributed by atoms with Gasteiger partial charge in [-0.15, -0.1) is 12.4 Å². The standard InChI is InChI=1S/C12H15NO2.ClH/c1-9-11(12(14)15)7-8-13(9)10-5-3-2-4-6-10;/h2-6,9,11H,7-8H2,1H3,(H,14,15);1H. The summed E-state index contributed by atoms with van der Waals surface area (Å²) in [6, 6.07) is 10.1. The van der Waals surface area contributed by atoms with Crippen LogP contribution >= 0.6 is 12.4 Å². The first-order valence-corrected chi connectivity index (χ1v) is 5.24. The lowest BCUT2D eigenvalue weighted by Gasteiger charge is -2.25. The van der Waals surface area contributed by atoms with E-state index < -0.39 is 5.97 Å². The zero-order chi connectivity index (χ0) is 10.8. The Kier molecular flexibility index (Phi) is 4.19. The fraction of sp³-hybridized carbons (Fsp3) is 0.417. The van der Waals surface area contributed by atoms with Crippen molar-refractivity contribution in [1.29, 1.82) is 0 Å². The summed E-state index contributed by atoms with van der Waals surface area (Å²) >= 11 is 0. The third-order valence-corrected chi connectivity index (χ3v) is 3.16. The van der Waals surface area contributed by atoms with Crippen molar-refractivity contribution in [1.82, 2.24) is 0 Å². The van der Waals surface area contributed by atoms with E-state index in [4.69, 9.17) is 5.11 Å². The van der Waals surface area contributed by atoms with Crippen molar-refractivity contribution in [2.45, 2.75) is 19.4 Å². The van der Waals surface area contributed by atoms with Crippen molar-refractivity contribution >= 4 is 24.1 Å². The number of carboxylic acids is 1. The summed E-state index contributed by atoms with van der Waals surface area (Å²) in [6.07, 6.45) is 0.741. The number of para-hydroxylation sites is 1.